The van der Waals surface area contributed by atoms with Gasteiger partial charge in [0.2, 0.25) is 0 Å². The zero-order valence-corrected chi connectivity index (χ0v) is 22.1. The van der Waals surface area contributed by atoms with E-state index in [4.69, 9.17) is 48.6 Å². The molecule has 0 aliphatic heterocycles. The van der Waals surface area contributed by atoms with E-state index in [0.29, 0.717) is 38.0 Å². The summed E-state index contributed by atoms with van der Waals surface area (Å²) < 4.78 is 17.2. The van der Waals surface area contributed by atoms with Gasteiger partial charge in [-0.15, -0.1) is 0 Å². The zero-order chi connectivity index (χ0) is 25.5. The lowest BCUT2D eigenvalue weighted by Crippen LogP contribution is -2.00. The van der Waals surface area contributed by atoms with Gasteiger partial charge in [0.1, 0.15) is 23.8 Å². The SMILES string of the molecule is Cc1noc2ccc(/C=C/c3ccc(OCc4c(-c5c(Cl)cccc5Cl)noc4C4CC4)cc3Cl)cc12. The van der Waals surface area contributed by atoms with E-state index in [1.807, 2.05) is 49.4 Å². The van der Waals surface area contributed by atoms with E-state index in [1.54, 1.807) is 24.3 Å². The second-order valence-corrected chi connectivity index (χ2v) is 10.3. The highest BCUT2D eigenvalue weighted by molar-refractivity contribution is 6.39. The summed E-state index contributed by atoms with van der Waals surface area (Å²) in [5.41, 5.74) is 5.66. The standard InChI is InChI=1S/C29H21Cl3N2O3/c1-16-21-13-17(6-12-26(21)36-33-16)5-7-18-10-11-20(14-25(18)32)35-15-22-28(34-37-29(22)19-8-9-19)27-23(30)3-2-4-24(27)31/h2-7,10-14,19H,8-9,15H2,1H3/b7-5+. The first kappa shape index (κ1) is 24.1. The molecule has 0 radical (unpaired) electrons. The molecule has 5 aromatic rings. The average molecular weight is 552 g/mol. The molecule has 0 saturated heterocycles. The molecule has 8 heteroatoms. The molecule has 3 aromatic carbocycles. The van der Waals surface area contributed by atoms with Gasteiger partial charge < -0.3 is 13.8 Å². The van der Waals surface area contributed by atoms with E-state index in [-0.39, 0.29) is 6.61 Å². The Labute approximate surface area is 228 Å². The molecule has 1 aliphatic rings. The van der Waals surface area contributed by atoms with E-state index in [2.05, 4.69) is 10.3 Å². The molecule has 0 N–H and O–H groups in total. The molecule has 0 unspecified atom stereocenters. The van der Waals surface area contributed by atoms with Crippen LogP contribution in [0.5, 0.6) is 5.75 Å². The molecule has 2 heterocycles. The molecule has 0 atom stereocenters. The number of fused-ring (bicyclic) bond motifs is 1. The van der Waals surface area contributed by atoms with Crippen LogP contribution in [0, 0.1) is 6.92 Å². The number of nitrogens with zero attached hydrogens (tertiary/aromatic N) is 2. The van der Waals surface area contributed by atoms with Crippen molar-refractivity contribution in [2.45, 2.75) is 32.3 Å². The first-order valence-electron chi connectivity index (χ1n) is 11.9. The predicted molar refractivity (Wildman–Crippen MR) is 147 cm³/mol. The molecule has 0 amide bonds. The Kier molecular flexibility index (Phi) is 6.45. The van der Waals surface area contributed by atoms with E-state index in [9.17, 15) is 0 Å². The lowest BCUT2D eigenvalue weighted by atomic mass is 10.0. The number of halogens is 3. The van der Waals surface area contributed by atoms with E-state index in [0.717, 1.165) is 52.0 Å². The summed E-state index contributed by atoms with van der Waals surface area (Å²) in [5.74, 6) is 1.82. The molecule has 1 fully saturated rings. The van der Waals surface area contributed by atoms with Gasteiger partial charge in [-0.1, -0.05) is 69.4 Å². The van der Waals surface area contributed by atoms with Crippen molar-refractivity contribution in [1.29, 1.82) is 0 Å². The Morgan fingerprint density at radius 1 is 0.919 bits per heavy atom. The normalized spacial score (nSPS) is 13.6. The minimum atomic E-state index is 0.260. The van der Waals surface area contributed by atoms with Gasteiger partial charge in [-0.05, 0) is 73.4 Å². The third-order valence-corrected chi connectivity index (χ3v) is 7.41. The number of rotatable bonds is 7. The number of hydrogen-bond acceptors (Lipinski definition) is 5. The largest absolute Gasteiger partial charge is 0.489 e. The summed E-state index contributed by atoms with van der Waals surface area (Å²) in [6, 6.07) is 16.9. The summed E-state index contributed by atoms with van der Waals surface area (Å²) in [4.78, 5) is 0. The topological polar surface area (TPSA) is 61.3 Å². The van der Waals surface area contributed by atoms with Crippen molar-refractivity contribution in [3.05, 3.63) is 97.8 Å². The molecule has 1 aliphatic carbocycles. The fraction of sp³-hybridized carbons (Fsp3) is 0.172. The Bertz CT molecular complexity index is 1630. The molecular formula is C29H21Cl3N2O3. The summed E-state index contributed by atoms with van der Waals surface area (Å²) in [6.07, 6.45) is 6.11. The highest BCUT2D eigenvalue weighted by Crippen LogP contribution is 2.46. The van der Waals surface area contributed by atoms with Crippen LogP contribution in [0.25, 0.3) is 34.4 Å². The van der Waals surface area contributed by atoms with Crippen molar-refractivity contribution in [3.63, 3.8) is 0 Å². The lowest BCUT2D eigenvalue weighted by Gasteiger charge is -2.10. The summed E-state index contributed by atoms with van der Waals surface area (Å²) in [7, 11) is 0. The summed E-state index contributed by atoms with van der Waals surface area (Å²) in [5, 5.41) is 10.9. The highest BCUT2D eigenvalue weighted by Gasteiger charge is 2.33. The van der Waals surface area contributed by atoms with Crippen molar-refractivity contribution in [1.82, 2.24) is 10.3 Å². The van der Waals surface area contributed by atoms with Crippen LogP contribution in [0.15, 0.2) is 63.6 Å². The van der Waals surface area contributed by atoms with Crippen LogP contribution in [-0.4, -0.2) is 10.3 Å². The fourth-order valence-electron chi connectivity index (χ4n) is 4.30. The van der Waals surface area contributed by atoms with E-state index in [1.165, 1.54) is 0 Å². The second kappa shape index (κ2) is 9.90. The molecule has 186 valence electrons. The molecule has 1 saturated carbocycles. The van der Waals surface area contributed by atoms with Crippen LogP contribution in [0.3, 0.4) is 0 Å². The fourth-order valence-corrected chi connectivity index (χ4v) is 5.11. The lowest BCUT2D eigenvalue weighted by molar-refractivity contribution is 0.300. The predicted octanol–water partition coefficient (Wildman–Crippen LogP) is 9.38. The van der Waals surface area contributed by atoms with Gasteiger partial charge in [-0.3, -0.25) is 0 Å². The molecule has 2 aromatic heterocycles. The molecule has 5 nitrogen and oxygen atoms in total. The average Bonchev–Trinajstić information content (AvgIpc) is 3.55. The molecular weight excluding hydrogens is 531 g/mol. The number of aryl methyl sites for hydroxylation is 1. The minimum absolute atomic E-state index is 0.260. The zero-order valence-electron chi connectivity index (χ0n) is 19.8. The second-order valence-electron chi connectivity index (χ2n) is 9.07. The van der Waals surface area contributed by atoms with Crippen molar-refractivity contribution in [2.24, 2.45) is 0 Å². The highest BCUT2D eigenvalue weighted by atomic mass is 35.5. The summed E-state index contributed by atoms with van der Waals surface area (Å²) in [6.45, 7) is 2.18. The molecule has 0 spiro atoms. The van der Waals surface area contributed by atoms with Crippen molar-refractivity contribution in [3.8, 4) is 17.0 Å². The first-order valence-corrected chi connectivity index (χ1v) is 13.0. The van der Waals surface area contributed by atoms with Crippen LogP contribution in [0.1, 0.15) is 46.9 Å². The third kappa shape index (κ3) is 4.87. The van der Waals surface area contributed by atoms with Crippen LogP contribution < -0.4 is 4.74 Å². The molecule has 0 bridgehead atoms. The maximum Gasteiger partial charge on any atom is 0.167 e. The van der Waals surface area contributed by atoms with E-state index < -0.39 is 0 Å². The van der Waals surface area contributed by atoms with E-state index >= 15 is 0 Å². The first-order chi connectivity index (χ1) is 18.0. The van der Waals surface area contributed by atoms with Crippen molar-refractivity contribution in [2.75, 3.05) is 0 Å². The van der Waals surface area contributed by atoms with Crippen LogP contribution in [0.4, 0.5) is 0 Å². The Hall–Kier alpha value is -3.25. The summed E-state index contributed by atoms with van der Waals surface area (Å²) >= 11 is 19.5. The monoisotopic (exact) mass is 550 g/mol. The Morgan fingerprint density at radius 3 is 2.49 bits per heavy atom. The smallest absolute Gasteiger partial charge is 0.167 e. The van der Waals surface area contributed by atoms with Gasteiger partial charge in [0.25, 0.3) is 0 Å². The van der Waals surface area contributed by atoms with Gasteiger partial charge in [-0.25, -0.2) is 0 Å². The van der Waals surface area contributed by atoms with Crippen LogP contribution >= 0.6 is 34.8 Å². The van der Waals surface area contributed by atoms with Crippen molar-refractivity contribution < 1.29 is 13.8 Å². The quantitative estimate of drug-likeness (QED) is 0.189. The van der Waals surface area contributed by atoms with Gasteiger partial charge in [-0.2, -0.15) is 0 Å². The molecule has 6 rings (SSSR count). The number of hydrogen-bond donors (Lipinski definition) is 0. The van der Waals surface area contributed by atoms with Gasteiger partial charge in [0.05, 0.1) is 26.3 Å². The van der Waals surface area contributed by atoms with Gasteiger partial charge >= 0.3 is 0 Å². The van der Waals surface area contributed by atoms with Crippen molar-refractivity contribution >= 4 is 57.9 Å². The number of ether oxygens (including phenoxy) is 1. The van der Waals surface area contributed by atoms with Crippen LogP contribution in [-0.2, 0) is 6.61 Å². The number of benzene rings is 3. The molecule has 37 heavy (non-hydrogen) atoms. The number of aromatic nitrogens is 2. The maximum atomic E-state index is 6.60. The minimum Gasteiger partial charge on any atom is -0.489 e. The van der Waals surface area contributed by atoms with Gasteiger partial charge in [0, 0.05) is 16.9 Å². The Morgan fingerprint density at radius 2 is 1.73 bits per heavy atom. The third-order valence-electron chi connectivity index (χ3n) is 6.45. The Balaban J connectivity index is 1.22. The maximum absolute atomic E-state index is 6.60. The van der Waals surface area contributed by atoms with Crippen LogP contribution in [0.2, 0.25) is 15.1 Å². The van der Waals surface area contributed by atoms with Gasteiger partial charge in [0.15, 0.2) is 5.58 Å².